The van der Waals surface area contributed by atoms with Gasteiger partial charge in [-0.1, -0.05) is 0 Å². The first-order chi connectivity index (χ1) is 6.81. The van der Waals surface area contributed by atoms with Crippen LogP contribution < -0.4 is 15.6 Å². The third-order valence-corrected chi connectivity index (χ3v) is 1.31. The topological polar surface area (TPSA) is 99.9 Å². The molecule has 0 saturated carbocycles. The number of nitrogens with zero attached hydrogens (tertiary/aromatic N) is 3. The molecule has 1 aromatic heterocycles. The molecule has 0 aromatic carbocycles. The molecular formula is C7H7N5O2. The number of anilines is 1. The molecule has 0 aliphatic heterocycles. The van der Waals surface area contributed by atoms with Gasteiger partial charge in [-0.15, -0.1) is 0 Å². The van der Waals surface area contributed by atoms with Gasteiger partial charge in [0.25, 0.3) is 0 Å². The summed E-state index contributed by atoms with van der Waals surface area (Å²) in [5.74, 6) is 0.297. The lowest BCUT2D eigenvalue weighted by molar-refractivity contribution is -0.109. The summed E-state index contributed by atoms with van der Waals surface area (Å²) in [5.41, 5.74) is 4.78. The first-order valence-corrected chi connectivity index (χ1v) is 3.58. The number of carbonyl (C=O) groups excluding carboxylic acids is 1. The fraction of sp³-hybridized carbons (Fsp3) is 0.143. The van der Waals surface area contributed by atoms with Crippen molar-refractivity contribution < 1.29 is 9.53 Å². The van der Waals surface area contributed by atoms with Crippen molar-refractivity contribution in [1.29, 1.82) is 5.26 Å². The first-order valence-electron chi connectivity index (χ1n) is 3.58. The average molecular weight is 193 g/mol. The molecule has 72 valence electrons. The summed E-state index contributed by atoms with van der Waals surface area (Å²) in [7, 11) is 1.39. The zero-order valence-corrected chi connectivity index (χ0v) is 7.31. The maximum Gasteiger partial charge on any atom is 0.245 e. The highest BCUT2D eigenvalue weighted by Gasteiger charge is 2.05. The van der Waals surface area contributed by atoms with Crippen molar-refractivity contribution in [2.24, 2.45) is 0 Å². The van der Waals surface area contributed by atoms with E-state index in [0.29, 0.717) is 6.41 Å². The van der Waals surface area contributed by atoms with Crippen LogP contribution in [0.1, 0.15) is 5.56 Å². The molecule has 1 heterocycles. The summed E-state index contributed by atoms with van der Waals surface area (Å²) in [6.07, 6.45) is 1.73. The van der Waals surface area contributed by atoms with Crippen LogP contribution in [0.4, 0.5) is 5.95 Å². The SMILES string of the molecule is COc1nc(NNC=O)ncc1C#N. The molecular weight excluding hydrogens is 186 g/mol. The van der Waals surface area contributed by atoms with Crippen molar-refractivity contribution in [2.75, 3.05) is 12.5 Å². The number of carbonyl (C=O) groups is 1. The Morgan fingerprint density at radius 3 is 3.07 bits per heavy atom. The van der Waals surface area contributed by atoms with Crippen LogP contribution in [0.15, 0.2) is 6.20 Å². The van der Waals surface area contributed by atoms with Crippen LogP contribution in [0.3, 0.4) is 0 Å². The predicted molar refractivity (Wildman–Crippen MR) is 46.1 cm³/mol. The van der Waals surface area contributed by atoms with E-state index in [-0.39, 0.29) is 17.4 Å². The standard InChI is InChI=1S/C7H7N5O2/c1-14-6-5(2-8)3-9-7(11-6)12-10-4-13/h3-4H,1H3,(H,10,13)(H,9,11,12). The van der Waals surface area contributed by atoms with Gasteiger partial charge in [0, 0.05) is 0 Å². The van der Waals surface area contributed by atoms with Crippen LogP contribution in [-0.2, 0) is 4.79 Å². The minimum absolute atomic E-state index is 0.146. The Morgan fingerprint density at radius 2 is 2.50 bits per heavy atom. The van der Waals surface area contributed by atoms with Crippen molar-refractivity contribution in [1.82, 2.24) is 15.4 Å². The number of nitriles is 1. The summed E-state index contributed by atoms with van der Waals surface area (Å²) in [4.78, 5) is 17.5. The van der Waals surface area contributed by atoms with Gasteiger partial charge >= 0.3 is 0 Å². The third-order valence-electron chi connectivity index (χ3n) is 1.31. The van der Waals surface area contributed by atoms with Crippen LogP contribution in [-0.4, -0.2) is 23.5 Å². The van der Waals surface area contributed by atoms with Gasteiger partial charge in [-0.3, -0.25) is 15.6 Å². The van der Waals surface area contributed by atoms with Gasteiger partial charge in [0.2, 0.25) is 18.2 Å². The predicted octanol–water partition coefficient (Wildman–Crippen LogP) is -0.570. The fourth-order valence-electron chi connectivity index (χ4n) is 0.753. The smallest absolute Gasteiger partial charge is 0.245 e. The zero-order valence-electron chi connectivity index (χ0n) is 7.31. The molecule has 14 heavy (non-hydrogen) atoms. The number of hydrogen-bond donors (Lipinski definition) is 2. The highest BCUT2D eigenvalue weighted by Crippen LogP contribution is 2.13. The van der Waals surface area contributed by atoms with E-state index in [1.807, 2.05) is 6.07 Å². The van der Waals surface area contributed by atoms with E-state index in [4.69, 9.17) is 10.00 Å². The molecule has 1 aromatic rings. The Kier molecular flexibility index (Phi) is 3.20. The van der Waals surface area contributed by atoms with Gasteiger partial charge in [0.1, 0.15) is 11.6 Å². The van der Waals surface area contributed by atoms with Crippen molar-refractivity contribution in [2.45, 2.75) is 0 Å². The van der Waals surface area contributed by atoms with Crippen LogP contribution >= 0.6 is 0 Å². The lowest BCUT2D eigenvalue weighted by atomic mass is 10.4. The number of aromatic nitrogens is 2. The lowest BCUT2D eigenvalue weighted by Gasteiger charge is -2.04. The Labute approximate surface area is 79.7 Å². The van der Waals surface area contributed by atoms with Gasteiger partial charge in [-0.2, -0.15) is 10.2 Å². The van der Waals surface area contributed by atoms with Crippen LogP contribution in [0.5, 0.6) is 5.88 Å². The number of ether oxygens (including phenoxy) is 1. The Balaban J connectivity index is 2.91. The molecule has 1 rings (SSSR count). The minimum Gasteiger partial charge on any atom is -0.480 e. The second kappa shape index (κ2) is 4.61. The summed E-state index contributed by atoms with van der Waals surface area (Å²) < 4.78 is 4.83. The van der Waals surface area contributed by atoms with Gasteiger partial charge in [-0.25, -0.2) is 4.98 Å². The van der Waals surface area contributed by atoms with Crippen LogP contribution in [0.25, 0.3) is 0 Å². The van der Waals surface area contributed by atoms with Crippen molar-refractivity contribution in [3.05, 3.63) is 11.8 Å². The largest absolute Gasteiger partial charge is 0.480 e. The second-order valence-electron chi connectivity index (χ2n) is 2.12. The number of amides is 1. The van der Waals surface area contributed by atoms with Gasteiger partial charge in [0.15, 0.2) is 0 Å². The molecule has 7 nitrogen and oxygen atoms in total. The monoisotopic (exact) mass is 193 g/mol. The van der Waals surface area contributed by atoms with Gasteiger partial charge < -0.3 is 4.74 Å². The molecule has 0 aliphatic carbocycles. The van der Waals surface area contributed by atoms with Crippen molar-refractivity contribution in [3.63, 3.8) is 0 Å². The maximum absolute atomic E-state index is 9.94. The van der Waals surface area contributed by atoms with Crippen LogP contribution in [0.2, 0.25) is 0 Å². The lowest BCUT2D eigenvalue weighted by Crippen LogP contribution is -2.21. The zero-order chi connectivity index (χ0) is 10.4. The Hall–Kier alpha value is -2.36. The Morgan fingerprint density at radius 1 is 1.71 bits per heavy atom. The molecule has 0 bridgehead atoms. The van der Waals surface area contributed by atoms with Gasteiger partial charge in [0.05, 0.1) is 13.3 Å². The van der Waals surface area contributed by atoms with E-state index in [2.05, 4.69) is 20.8 Å². The molecule has 1 amide bonds. The van der Waals surface area contributed by atoms with E-state index < -0.39 is 0 Å². The molecule has 0 aliphatic rings. The Bertz CT molecular complexity index is 373. The number of hydrazine groups is 1. The molecule has 0 atom stereocenters. The molecule has 0 spiro atoms. The summed E-state index contributed by atoms with van der Waals surface area (Å²) in [6.45, 7) is 0. The molecule has 0 fully saturated rings. The average Bonchev–Trinajstić information content (AvgIpc) is 2.25. The molecule has 7 heteroatoms. The van der Waals surface area contributed by atoms with Crippen molar-refractivity contribution >= 4 is 12.4 Å². The second-order valence-corrected chi connectivity index (χ2v) is 2.12. The first kappa shape index (κ1) is 9.73. The van der Waals surface area contributed by atoms with Crippen LogP contribution in [0, 0.1) is 11.3 Å². The van der Waals surface area contributed by atoms with Crippen molar-refractivity contribution in [3.8, 4) is 11.9 Å². The fourth-order valence-corrected chi connectivity index (χ4v) is 0.753. The highest BCUT2D eigenvalue weighted by molar-refractivity contribution is 5.50. The number of hydrogen-bond acceptors (Lipinski definition) is 6. The van der Waals surface area contributed by atoms with E-state index in [9.17, 15) is 4.79 Å². The maximum atomic E-state index is 9.94. The summed E-state index contributed by atoms with van der Waals surface area (Å²) >= 11 is 0. The minimum atomic E-state index is 0.146. The van der Waals surface area contributed by atoms with Gasteiger partial charge in [-0.05, 0) is 0 Å². The number of nitrogens with one attached hydrogen (secondary N) is 2. The summed E-state index contributed by atoms with van der Waals surface area (Å²) in [6, 6.07) is 1.86. The van der Waals surface area contributed by atoms with E-state index in [0.717, 1.165) is 0 Å². The summed E-state index contributed by atoms with van der Waals surface area (Å²) in [5, 5.41) is 8.61. The normalized spacial score (nSPS) is 8.57. The van der Waals surface area contributed by atoms with E-state index in [1.54, 1.807) is 0 Å². The quantitative estimate of drug-likeness (QED) is 0.490. The molecule has 0 radical (unpaired) electrons. The number of methoxy groups -OCH3 is 1. The third kappa shape index (κ3) is 2.07. The molecule has 0 saturated heterocycles. The van der Waals surface area contributed by atoms with E-state index in [1.165, 1.54) is 13.3 Å². The molecule has 2 N–H and O–H groups in total. The highest BCUT2D eigenvalue weighted by atomic mass is 16.5. The number of rotatable bonds is 4. The molecule has 0 unspecified atom stereocenters. The van der Waals surface area contributed by atoms with E-state index >= 15 is 0 Å².